The topological polar surface area (TPSA) is 142 Å². The van der Waals surface area contributed by atoms with Crippen molar-refractivity contribution in [2.24, 2.45) is 5.73 Å². The molecular weight excluding hydrogens is 635 g/mol. The number of alkyl halides is 3. The van der Waals surface area contributed by atoms with Crippen molar-refractivity contribution in [3.8, 4) is 11.8 Å². The number of benzene rings is 2. The fraction of sp³-hybridized carbons (Fsp3) is 0.438. The summed E-state index contributed by atoms with van der Waals surface area (Å²) in [5.41, 5.74) is 7.11. The Kier molecular flexibility index (Phi) is 11.3. The van der Waals surface area contributed by atoms with Gasteiger partial charge in [0.15, 0.2) is 9.84 Å². The number of likely N-dealkylation sites (N-methyl/N-ethyl adjacent to an activating group) is 1. The highest BCUT2D eigenvalue weighted by atomic mass is 32.2. The van der Waals surface area contributed by atoms with Crippen LogP contribution in [0.15, 0.2) is 53.4 Å². The van der Waals surface area contributed by atoms with Crippen molar-refractivity contribution < 1.29 is 31.2 Å². The molecule has 3 amide bonds. The van der Waals surface area contributed by atoms with Gasteiger partial charge in [-0.25, -0.2) is 13.2 Å². The summed E-state index contributed by atoms with van der Waals surface area (Å²) in [6.07, 6.45) is -1.87. The minimum absolute atomic E-state index is 0.0586. The fourth-order valence-electron chi connectivity index (χ4n) is 5.53. The first kappa shape index (κ1) is 35.4. The van der Waals surface area contributed by atoms with Gasteiger partial charge in [0.1, 0.15) is 6.54 Å². The first-order chi connectivity index (χ1) is 22.1. The summed E-state index contributed by atoms with van der Waals surface area (Å²) in [6, 6.07) is 12.1. The molecule has 0 aliphatic carbocycles. The zero-order chi connectivity index (χ0) is 34.4. The van der Waals surface area contributed by atoms with Crippen molar-refractivity contribution in [2.75, 3.05) is 56.7 Å². The molecule has 2 heterocycles. The van der Waals surface area contributed by atoms with Crippen LogP contribution in [0.3, 0.4) is 0 Å². The third-order valence-corrected chi connectivity index (χ3v) is 8.96. The number of hydrogen-bond acceptors (Lipinski definition) is 7. The maximum absolute atomic E-state index is 13.6. The maximum atomic E-state index is 13.6. The number of halogens is 3. The summed E-state index contributed by atoms with van der Waals surface area (Å²) in [5, 5.41) is 9.72. The zero-order valence-electron chi connectivity index (χ0n) is 26.5. The van der Waals surface area contributed by atoms with Gasteiger partial charge >= 0.3 is 12.2 Å². The van der Waals surface area contributed by atoms with E-state index in [0.29, 0.717) is 41.9 Å². The molecule has 1 aromatic heterocycles. The van der Waals surface area contributed by atoms with E-state index in [1.165, 1.54) is 16.7 Å². The highest BCUT2D eigenvalue weighted by Crippen LogP contribution is 2.31. The van der Waals surface area contributed by atoms with E-state index in [4.69, 9.17) is 5.73 Å². The number of nitrogens with one attached hydrogen (secondary N) is 3. The molecule has 0 bridgehead atoms. The van der Waals surface area contributed by atoms with Gasteiger partial charge in [-0.2, -0.15) is 13.2 Å². The number of nitrogens with zero attached hydrogens (tertiary/aromatic N) is 3. The number of hydrogen-bond donors (Lipinski definition) is 4. The van der Waals surface area contributed by atoms with Crippen LogP contribution in [0.25, 0.3) is 10.9 Å². The van der Waals surface area contributed by atoms with Crippen LogP contribution >= 0.6 is 0 Å². The highest BCUT2D eigenvalue weighted by molar-refractivity contribution is 7.90. The van der Waals surface area contributed by atoms with Crippen LogP contribution in [0.4, 0.5) is 29.3 Å². The second-order valence-corrected chi connectivity index (χ2v) is 13.8. The predicted molar refractivity (Wildman–Crippen MR) is 176 cm³/mol. The van der Waals surface area contributed by atoms with Crippen molar-refractivity contribution in [3.63, 3.8) is 0 Å². The lowest BCUT2D eigenvalue weighted by Gasteiger charge is -2.33. The molecule has 4 rings (SSSR count). The van der Waals surface area contributed by atoms with Crippen molar-refractivity contribution in [2.45, 2.75) is 49.5 Å². The molecule has 0 saturated carbocycles. The summed E-state index contributed by atoms with van der Waals surface area (Å²) in [6.45, 7) is 2.62. The number of piperidine rings is 1. The molecule has 2 aromatic carbocycles. The third kappa shape index (κ3) is 10.3. The number of likely N-dealkylation sites (tertiary alicyclic amines) is 1. The Labute approximate surface area is 272 Å². The molecule has 1 atom stereocenters. The summed E-state index contributed by atoms with van der Waals surface area (Å²) in [4.78, 5) is 27.5. The lowest BCUT2D eigenvalue weighted by molar-refractivity contribution is -0.140. The number of primary amides is 1. The Bertz CT molecular complexity index is 1740. The highest BCUT2D eigenvalue weighted by Gasteiger charge is 2.30. The average molecular weight is 676 g/mol. The van der Waals surface area contributed by atoms with Crippen LogP contribution in [0.5, 0.6) is 0 Å². The number of rotatable bonds is 11. The number of sulfone groups is 1. The SMILES string of the molecule is CC(CN(C)C(=O)CN1CCC(Nc2cccc3c2cc(C#CCNc2ccc(S(C)(=O)=O)cc2)n3CC(F)(F)F)CC1)NC(N)=O. The monoisotopic (exact) mass is 675 g/mol. The van der Waals surface area contributed by atoms with Gasteiger partial charge in [0.05, 0.1) is 29.2 Å². The van der Waals surface area contributed by atoms with E-state index < -0.39 is 28.6 Å². The van der Waals surface area contributed by atoms with E-state index in [-0.39, 0.29) is 41.7 Å². The van der Waals surface area contributed by atoms with Gasteiger partial charge in [-0.15, -0.1) is 0 Å². The number of carbonyl (C=O) groups excluding carboxylic acids is 2. The number of anilines is 2. The maximum Gasteiger partial charge on any atom is 0.406 e. The van der Waals surface area contributed by atoms with E-state index in [0.717, 1.165) is 19.1 Å². The summed E-state index contributed by atoms with van der Waals surface area (Å²) in [7, 11) is -1.65. The van der Waals surface area contributed by atoms with E-state index in [1.807, 2.05) is 6.07 Å². The first-order valence-electron chi connectivity index (χ1n) is 15.1. The van der Waals surface area contributed by atoms with Gasteiger partial charge in [0, 0.05) is 61.8 Å². The molecule has 0 radical (unpaired) electrons. The smallest absolute Gasteiger partial charge is 0.382 e. The lowest BCUT2D eigenvalue weighted by Crippen LogP contribution is -2.48. The summed E-state index contributed by atoms with van der Waals surface area (Å²) in [5.74, 6) is 5.68. The molecule has 1 aliphatic heterocycles. The first-order valence-corrected chi connectivity index (χ1v) is 17.0. The van der Waals surface area contributed by atoms with Gasteiger partial charge in [0.25, 0.3) is 0 Å². The largest absolute Gasteiger partial charge is 0.406 e. The number of fused-ring (bicyclic) bond motifs is 1. The van der Waals surface area contributed by atoms with Crippen molar-refractivity contribution >= 4 is 44.1 Å². The molecule has 47 heavy (non-hydrogen) atoms. The van der Waals surface area contributed by atoms with Crippen LogP contribution in [-0.2, 0) is 21.2 Å². The van der Waals surface area contributed by atoms with Crippen LogP contribution in [0.1, 0.15) is 25.5 Å². The zero-order valence-corrected chi connectivity index (χ0v) is 27.3. The lowest BCUT2D eigenvalue weighted by atomic mass is 10.0. The van der Waals surface area contributed by atoms with Crippen molar-refractivity contribution in [1.29, 1.82) is 0 Å². The Hall–Kier alpha value is -4.42. The second-order valence-electron chi connectivity index (χ2n) is 11.8. The second kappa shape index (κ2) is 15.0. The summed E-state index contributed by atoms with van der Waals surface area (Å²) >= 11 is 0. The minimum Gasteiger partial charge on any atom is -0.382 e. The van der Waals surface area contributed by atoms with Crippen LogP contribution < -0.4 is 21.7 Å². The van der Waals surface area contributed by atoms with Gasteiger partial charge in [-0.3, -0.25) is 9.69 Å². The van der Waals surface area contributed by atoms with Crippen LogP contribution in [0.2, 0.25) is 0 Å². The molecule has 254 valence electrons. The molecular formula is C32H40F3N7O4S. The van der Waals surface area contributed by atoms with E-state index in [2.05, 4.69) is 32.7 Å². The number of carbonyl (C=O) groups is 2. The van der Waals surface area contributed by atoms with Gasteiger partial charge in [0.2, 0.25) is 5.91 Å². The van der Waals surface area contributed by atoms with Gasteiger partial charge in [-0.1, -0.05) is 12.0 Å². The Balaban J connectivity index is 1.41. The van der Waals surface area contributed by atoms with Crippen LogP contribution in [0, 0.1) is 11.8 Å². The standard InChI is InChI=1S/C32H40F3N7O4S/c1-22(38-31(36)44)19-40(2)30(43)20-41-16-13-24(14-17-41)39-28-7-4-8-29-27(28)18-25(42(29)21-32(33,34)35)6-5-15-37-23-9-11-26(12-10-23)47(3,45)46/h4,7-12,18,22,24,37,39H,13-17,19-21H2,1-3H3,(H3,36,38,44). The summed E-state index contributed by atoms with van der Waals surface area (Å²) < 4.78 is 65.4. The molecule has 1 saturated heterocycles. The number of nitrogens with two attached hydrogens (primary N) is 1. The van der Waals surface area contributed by atoms with E-state index in [1.54, 1.807) is 49.2 Å². The molecule has 1 unspecified atom stereocenters. The third-order valence-electron chi connectivity index (χ3n) is 7.83. The molecule has 15 heteroatoms. The molecule has 11 nitrogen and oxygen atoms in total. The number of amides is 3. The number of urea groups is 1. The average Bonchev–Trinajstić information content (AvgIpc) is 3.32. The Morgan fingerprint density at radius 3 is 2.43 bits per heavy atom. The van der Waals surface area contributed by atoms with Crippen molar-refractivity contribution in [1.82, 2.24) is 19.7 Å². The van der Waals surface area contributed by atoms with E-state index in [9.17, 15) is 31.2 Å². The normalized spacial score (nSPS) is 15.0. The molecule has 5 N–H and O–H groups in total. The van der Waals surface area contributed by atoms with E-state index >= 15 is 0 Å². The van der Waals surface area contributed by atoms with Crippen LogP contribution in [-0.4, -0.2) is 99.0 Å². The van der Waals surface area contributed by atoms with Gasteiger partial charge < -0.3 is 31.2 Å². The minimum atomic E-state index is -4.46. The van der Waals surface area contributed by atoms with Crippen molar-refractivity contribution in [3.05, 3.63) is 54.2 Å². The molecule has 3 aromatic rings. The Morgan fingerprint density at radius 2 is 1.81 bits per heavy atom. The number of aromatic nitrogens is 1. The quantitative estimate of drug-likeness (QED) is 0.228. The molecule has 1 aliphatic rings. The predicted octanol–water partition coefficient (Wildman–Crippen LogP) is 3.46. The van der Waals surface area contributed by atoms with Gasteiger partial charge in [-0.05, 0) is 68.2 Å². The fourth-order valence-corrected chi connectivity index (χ4v) is 6.16. The molecule has 0 spiro atoms. The Morgan fingerprint density at radius 1 is 1.13 bits per heavy atom. The molecule has 1 fully saturated rings.